The molecule has 1 unspecified atom stereocenters. The van der Waals surface area contributed by atoms with Gasteiger partial charge in [0.25, 0.3) is 0 Å². The first-order valence-corrected chi connectivity index (χ1v) is 7.15. The molecule has 0 heterocycles. The van der Waals surface area contributed by atoms with Gasteiger partial charge in [0.15, 0.2) is 0 Å². The van der Waals surface area contributed by atoms with Crippen LogP contribution in [-0.2, 0) is 0 Å². The zero-order valence-electron chi connectivity index (χ0n) is 10.1. The van der Waals surface area contributed by atoms with E-state index in [0.717, 1.165) is 5.56 Å². The van der Waals surface area contributed by atoms with Crippen molar-refractivity contribution in [3.05, 3.63) is 67.9 Å². The summed E-state index contributed by atoms with van der Waals surface area (Å²) in [5.74, 6) is -0.298. The lowest BCUT2D eigenvalue weighted by Gasteiger charge is -2.19. The predicted octanol–water partition coefficient (Wildman–Crippen LogP) is 5.20. The third-order valence-electron chi connectivity index (χ3n) is 2.85. The van der Waals surface area contributed by atoms with Crippen LogP contribution in [0, 0.1) is 5.82 Å². The van der Waals surface area contributed by atoms with Crippen LogP contribution >= 0.6 is 39.1 Å². The summed E-state index contributed by atoms with van der Waals surface area (Å²) in [4.78, 5) is 0. The maximum absolute atomic E-state index is 14.2. The van der Waals surface area contributed by atoms with Gasteiger partial charge in [-0.2, -0.15) is 0 Å². The van der Waals surface area contributed by atoms with Gasteiger partial charge in [0.2, 0.25) is 0 Å². The fraction of sp³-hybridized carbons (Fsp3) is 0.143. The molecule has 1 nitrogen and oxygen atoms in total. The van der Waals surface area contributed by atoms with E-state index in [1.54, 1.807) is 43.4 Å². The van der Waals surface area contributed by atoms with Crippen molar-refractivity contribution in [2.45, 2.75) is 6.04 Å². The van der Waals surface area contributed by atoms with Crippen LogP contribution in [-0.4, -0.2) is 7.05 Å². The minimum absolute atomic E-state index is 0.298. The Morgan fingerprint density at radius 1 is 1.16 bits per heavy atom. The van der Waals surface area contributed by atoms with Crippen LogP contribution in [0.1, 0.15) is 17.2 Å². The van der Waals surface area contributed by atoms with Crippen LogP contribution in [0.15, 0.2) is 40.9 Å². The second-order valence-corrected chi connectivity index (χ2v) is 5.73. The number of hydrogen-bond donors (Lipinski definition) is 1. The van der Waals surface area contributed by atoms with E-state index in [9.17, 15) is 4.39 Å². The molecule has 0 fully saturated rings. The number of nitrogens with one attached hydrogen (secondary N) is 1. The molecule has 1 atom stereocenters. The number of hydrogen-bond acceptors (Lipinski definition) is 1. The number of halogens is 4. The summed E-state index contributed by atoms with van der Waals surface area (Å²) < 4.78 is 14.6. The maximum Gasteiger partial charge on any atom is 0.142 e. The van der Waals surface area contributed by atoms with Gasteiger partial charge >= 0.3 is 0 Å². The van der Waals surface area contributed by atoms with Gasteiger partial charge in [-0.25, -0.2) is 4.39 Å². The molecule has 0 aliphatic rings. The quantitative estimate of drug-likeness (QED) is 0.790. The molecule has 0 saturated carbocycles. The Balaban J connectivity index is 2.53. The standard InChI is InChI=1S/C14H11BrCl2FN/c1-19-14(9-6-5-8(16)7-12(9)17)10-3-2-4-11(15)13(10)18/h2-7,14,19H,1H3. The molecule has 2 aromatic rings. The molecule has 0 amide bonds. The Labute approximate surface area is 129 Å². The number of benzene rings is 2. The Hall–Kier alpha value is -0.610. The van der Waals surface area contributed by atoms with E-state index in [1.165, 1.54) is 0 Å². The highest BCUT2D eigenvalue weighted by Crippen LogP contribution is 2.33. The highest BCUT2D eigenvalue weighted by molar-refractivity contribution is 9.10. The van der Waals surface area contributed by atoms with E-state index in [-0.39, 0.29) is 11.9 Å². The minimum Gasteiger partial charge on any atom is -0.309 e. The Bertz CT molecular complexity index is 604. The Morgan fingerprint density at radius 3 is 2.53 bits per heavy atom. The largest absolute Gasteiger partial charge is 0.309 e. The van der Waals surface area contributed by atoms with Gasteiger partial charge in [-0.1, -0.05) is 41.4 Å². The molecule has 0 saturated heterocycles. The summed E-state index contributed by atoms with van der Waals surface area (Å²) in [5, 5.41) is 4.13. The Kier molecular flexibility index (Phi) is 4.85. The third kappa shape index (κ3) is 3.11. The van der Waals surface area contributed by atoms with Crippen molar-refractivity contribution >= 4 is 39.1 Å². The van der Waals surface area contributed by atoms with E-state index in [2.05, 4.69) is 21.2 Å². The summed E-state index contributed by atoms with van der Waals surface area (Å²) in [6.07, 6.45) is 0. The lowest BCUT2D eigenvalue weighted by Crippen LogP contribution is -2.19. The molecule has 100 valence electrons. The lowest BCUT2D eigenvalue weighted by atomic mass is 9.98. The average Bonchev–Trinajstić information content (AvgIpc) is 2.37. The smallest absolute Gasteiger partial charge is 0.142 e. The fourth-order valence-corrected chi connectivity index (χ4v) is 2.86. The third-order valence-corrected chi connectivity index (χ3v) is 4.03. The average molecular weight is 363 g/mol. The predicted molar refractivity (Wildman–Crippen MR) is 81.5 cm³/mol. The number of rotatable bonds is 3. The van der Waals surface area contributed by atoms with E-state index < -0.39 is 0 Å². The molecule has 0 aliphatic heterocycles. The van der Waals surface area contributed by atoms with Crippen molar-refractivity contribution < 1.29 is 4.39 Å². The summed E-state index contributed by atoms with van der Waals surface area (Å²) in [7, 11) is 1.76. The highest BCUT2D eigenvalue weighted by Gasteiger charge is 2.20. The summed E-state index contributed by atoms with van der Waals surface area (Å²) in [6, 6.07) is 10.0. The summed E-state index contributed by atoms with van der Waals surface area (Å²) >= 11 is 15.3. The first-order chi connectivity index (χ1) is 9.04. The molecule has 5 heteroatoms. The molecular formula is C14H11BrCl2FN. The monoisotopic (exact) mass is 361 g/mol. The van der Waals surface area contributed by atoms with Crippen molar-refractivity contribution in [2.75, 3.05) is 7.05 Å². The molecule has 0 aliphatic carbocycles. The van der Waals surface area contributed by atoms with Gasteiger partial charge in [-0.15, -0.1) is 0 Å². The van der Waals surface area contributed by atoms with E-state index in [4.69, 9.17) is 23.2 Å². The maximum atomic E-state index is 14.2. The van der Waals surface area contributed by atoms with Crippen LogP contribution in [0.2, 0.25) is 10.0 Å². The van der Waals surface area contributed by atoms with Crippen LogP contribution in [0.5, 0.6) is 0 Å². The van der Waals surface area contributed by atoms with Crippen molar-refractivity contribution in [2.24, 2.45) is 0 Å². The Morgan fingerprint density at radius 2 is 1.89 bits per heavy atom. The van der Waals surface area contributed by atoms with Crippen LogP contribution in [0.25, 0.3) is 0 Å². The molecule has 0 spiro atoms. The molecule has 2 rings (SSSR count). The molecule has 1 N–H and O–H groups in total. The zero-order valence-corrected chi connectivity index (χ0v) is 13.2. The van der Waals surface area contributed by atoms with Crippen molar-refractivity contribution in [1.82, 2.24) is 5.32 Å². The van der Waals surface area contributed by atoms with Gasteiger partial charge in [0.1, 0.15) is 5.82 Å². The molecule has 2 aromatic carbocycles. The molecule has 19 heavy (non-hydrogen) atoms. The van der Waals surface area contributed by atoms with E-state index in [0.29, 0.717) is 20.1 Å². The highest BCUT2D eigenvalue weighted by atomic mass is 79.9. The second-order valence-electron chi connectivity index (χ2n) is 4.03. The van der Waals surface area contributed by atoms with Crippen molar-refractivity contribution in [1.29, 1.82) is 0 Å². The van der Waals surface area contributed by atoms with Gasteiger partial charge in [-0.3, -0.25) is 0 Å². The fourth-order valence-electron chi connectivity index (χ4n) is 1.96. The van der Waals surface area contributed by atoms with Gasteiger partial charge in [-0.05, 0) is 46.7 Å². The summed E-state index contributed by atoms with van der Waals surface area (Å²) in [5.41, 5.74) is 1.31. The van der Waals surface area contributed by atoms with E-state index >= 15 is 0 Å². The van der Waals surface area contributed by atoms with Gasteiger partial charge in [0.05, 0.1) is 10.5 Å². The normalized spacial score (nSPS) is 12.5. The van der Waals surface area contributed by atoms with Gasteiger partial charge < -0.3 is 5.32 Å². The molecular weight excluding hydrogens is 352 g/mol. The topological polar surface area (TPSA) is 12.0 Å². The van der Waals surface area contributed by atoms with Crippen LogP contribution in [0.3, 0.4) is 0 Å². The summed E-state index contributed by atoms with van der Waals surface area (Å²) in [6.45, 7) is 0. The van der Waals surface area contributed by atoms with Crippen molar-refractivity contribution in [3.8, 4) is 0 Å². The van der Waals surface area contributed by atoms with Gasteiger partial charge in [0, 0.05) is 15.6 Å². The van der Waals surface area contributed by atoms with Crippen molar-refractivity contribution in [3.63, 3.8) is 0 Å². The van der Waals surface area contributed by atoms with Crippen LogP contribution in [0.4, 0.5) is 4.39 Å². The SMILES string of the molecule is CNC(c1ccc(Cl)cc1Cl)c1cccc(Br)c1F. The molecule has 0 radical (unpaired) electrons. The second kappa shape index (κ2) is 6.23. The first kappa shape index (κ1) is 14.8. The lowest BCUT2D eigenvalue weighted by molar-refractivity contribution is 0.571. The minimum atomic E-state index is -0.331. The zero-order chi connectivity index (χ0) is 14.0. The molecule has 0 aromatic heterocycles. The first-order valence-electron chi connectivity index (χ1n) is 5.60. The molecule has 0 bridgehead atoms. The van der Waals surface area contributed by atoms with E-state index in [1.807, 2.05) is 0 Å². The van der Waals surface area contributed by atoms with Crippen LogP contribution < -0.4 is 5.32 Å².